The Morgan fingerprint density at radius 1 is 1.22 bits per heavy atom. The van der Waals surface area contributed by atoms with Gasteiger partial charge in [-0.2, -0.15) is 4.98 Å². The van der Waals surface area contributed by atoms with Gasteiger partial charge in [0.05, 0.1) is 11.5 Å². The first-order chi connectivity index (χ1) is 10.9. The molecule has 1 saturated heterocycles. The molecule has 0 amide bonds. The topological polar surface area (TPSA) is 75.2 Å². The lowest BCUT2D eigenvalue weighted by molar-refractivity contribution is 0.602. The molecule has 1 unspecified atom stereocenters. The fourth-order valence-electron chi connectivity index (χ4n) is 2.66. The maximum Gasteiger partial charge on any atom is 0.231 e. The summed E-state index contributed by atoms with van der Waals surface area (Å²) in [6.45, 7) is 1.90. The average Bonchev–Trinajstić information content (AvgIpc) is 2.85. The number of rotatable bonds is 4. The zero-order chi connectivity index (χ0) is 16.4. The Labute approximate surface area is 136 Å². The molecule has 0 saturated carbocycles. The number of para-hydroxylation sites is 1. The molecule has 0 radical (unpaired) electrons. The molecule has 1 aliphatic rings. The summed E-state index contributed by atoms with van der Waals surface area (Å²) in [7, 11) is -1.00. The third kappa shape index (κ3) is 3.79. The van der Waals surface area contributed by atoms with E-state index in [2.05, 4.69) is 15.3 Å². The molecule has 1 aromatic heterocycles. The highest BCUT2D eigenvalue weighted by Gasteiger charge is 2.28. The van der Waals surface area contributed by atoms with E-state index in [1.54, 1.807) is 0 Å². The van der Waals surface area contributed by atoms with Gasteiger partial charge in [0, 0.05) is 30.5 Å². The first-order valence-corrected chi connectivity index (χ1v) is 9.36. The highest BCUT2D eigenvalue weighted by Crippen LogP contribution is 2.23. The number of benzene rings is 1. The molecule has 7 heteroatoms. The minimum Gasteiger partial charge on any atom is -0.366 e. The van der Waals surface area contributed by atoms with Gasteiger partial charge in [-0.25, -0.2) is 13.4 Å². The van der Waals surface area contributed by atoms with Gasteiger partial charge < -0.3 is 10.2 Å². The van der Waals surface area contributed by atoms with Crippen LogP contribution in [0.15, 0.2) is 36.4 Å². The summed E-state index contributed by atoms with van der Waals surface area (Å²) >= 11 is 0. The summed E-state index contributed by atoms with van der Waals surface area (Å²) in [5.74, 6) is 1.66. The summed E-state index contributed by atoms with van der Waals surface area (Å²) in [5.41, 5.74) is 1.83. The van der Waals surface area contributed by atoms with E-state index in [1.807, 2.05) is 55.3 Å². The first kappa shape index (κ1) is 15.7. The van der Waals surface area contributed by atoms with E-state index in [-0.39, 0.29) is 17.5 Å². The summed E-state index contributed by atoms with van der Waals surface area (Å²) < 4.78 is 23.2. The van der Waals surface area contributed by atoms with Crippen molar-refractivity contribution in [2.24, 2.45) is 0 Å². The van der Waals surface area contributed by atoms with Crippen LogP contribution in [0.2, 0.25) is 0 Å². The summed E-state index contributed by atoms with van der Waals surface area (Å²) in [6, 6.07) is 11.6. The van der Waals surface area contributed by atoms with Crippen LogP contribution in [-0.2, 0) is 9.84 Å². The lowest BCUT2D eigenvalue weighted by atomic mass is 10.2. The van der Waals surface area contributed by atoms with Gasteiger partial charge in [0.2, 0.25) is 5.95 Å². The molecule has 122 valence electrons. The second-order valence-corrected chi connectivity index (χ2v) is 8.06. The Morgan fingerprint density at radius 3 is 2.61 bits per heavy atom. The monoisotopic (exact) mass is 332 g/mol. The van der Waals surface area contributed by atoms with Gasteiger partial charge in [0.1, 0.15) is 5.82 Å². The highest BCUT2D eigenvalue weighted by atomic mass is 32.2. The maximum atomic E-state index is 11.6. The first-order valence-electron chi connectivity index (χ1n) is 7.54. The average molecular weight is 332 g/mol. The molecule has 6 nitrogen and oxygen atoms in total. The quantitative estimate of drug-likeness (QED) is 0.925. The Bertz CT molecular complexity index is 793. The second kappa shape index (κ2) is 6.16. The van der Waals surface area contributed by atoms with Crippen LogP contribution in [0, 0.1) is 6.92 Å². The predicted octanol–water partition coefficient (Wildman–Crippen LogP) is 2.15. The largest absolute Gasteiger partial charge is 0.366 e. The minimum absolute atomic E-state index is 0.0795. The van der Waals surface area contributed by atoms with Crippen LogP contribution in [0.3, 0.4) is 0 Å². The number of aromatic nitrogens is 2. The molecule has 2 heterocycles. The van der Waals surface area contributed by atoms with Crippen molar-refractivity contribution in [2.45, 2.75) is 19.4 Å². The molecule has 0 spiro atoms. The van der Waals surface area contributed by atoms with Crippen LogP contribution in [0.4, 0.5) is 17.5 Å². The zero-order valence-electron chi connectivity index (χ0n) is 13.2. The van der Waals surface area contributed by atoms with Crippen molar-refractivity contribution in [2.75, 3.05) is 28.8 Å². The van der Waals surface area contributed by atoms with E-state index in [4.69, 9.17) is 0 Å². The molecular weight excluding hydrogens is 312 g/mol. The SMILES string of the molecule is Cc1cc(NC2CCS(=O)(=O)C2)nc(N(C)c2ccccc2)n1. The van der Waals surface area contributed by atoms with Crippen LogP contribution in [-0.4, -0.2) is 43.0 Å². The fraction of sp³-hybridized carbons (Fsp3) is 0.375. The van der Waals surface area contributed by atoms with Crippen LogP contribution in [0.5, 0.6) is 0 Å². The van der Waals surface area contributed by atoms with Crippen molar-refractivity contribution in [1.82, 2.24) is 9.97 Å². The third-order valence-corrected chi connectivity index (χ3v) is 5.64. The number of sulfone groups is 1. The van der Waals surface area contributed by atoms with E-state index in [9.17, 15) is 8.42 Å². The van der Waals surface area contributed by atoms with Crippen molar-refractivity contribution in [3.05, 3.63) is 42.1 Å². The Morgan fingerprint density at radius 2 is 1.96 bits per heavy atom. The Kier molecular flexibility index (Phi) is 4.21. The molecular formula is C16H20N4O2S. The van der Waals surface area contributed by atoms with Crippen molar-refractivity contribution >= 4 is 27.3 Å². The molecule has 0 aliphatic carbocycles. The van der Waals surface area contributed by atoms with Gasteiger partial charge >= 0.3 is 0 Å². The number of nitrogens with one attached hydrogen (secondary N) is 1. The van der Waals surface area contributed by atoms with Gasteiger partial charge in [-0.1, -0.05) is 18.2 Å². The highest BCUT2D eigenvalue weighted by molar-refractivity contribution is 7.91. The summed E-state index contributed by atoms with van der Waals surface area (Å²) in [4.78, 5) is 10.9. The third-order valence-electron chi connectivity index (χ3n) is 3.87. The van der Waals surface area contributed by atoms with Gasteiger partial charge in [0.25, 0.3) is 0 Å². The number of hydrogen-bond donors (Lipinski definition) is 1. The maximum absolute atomic E-state index is 11.6. The van der Waals surface area contributed by atoms with Crippen molar-refractivity contribution in [3.63, 3.8) is 0 Å². The summed E-state index contributed by atoms with van der Waals surface area (Å²) in [5, 5.41) is 3.23. The number of nitrogens with zero attached hydrogens (tertiary/aromatic N) is 3. The molecule has 23 heavy (non-hydrogen) atoms. The zero-order valence-corrected chi connectivity index (χ0v) is 14.0. The van der Waals surface area contributed by atoms with Crippen LogP contribution < -0.4 is 10.2 Å². The lowest BCUT2D eigenvalue weighted by Gasteiger charge is -2.19. The molecule has 2 aromatic rings. The predicted molar refractivity (Wildman–Crippen MR) is 92.0 cm³/mol. The van der Waals surface area contributed by atoms with Gasteiger partial charge in [-0.15, -0.1) is 0 Å². The number of anilines is 3. The van der Waals surface area contributed by atoms with E-state index < -0.39 is 9.84 Å². The Hall–Kier alpha value is -2.15. The van der Waals surface area contributed by atoms with Crippen molar-refractivity contribution in [1.29, 1.82) is 0 Å². The molecule has 1 aromatic carbocycles. The van der Waals surface area contributed by atoms with E-state index in [1.165, 1.54) is 0 Å². The molecule has 1 aliphatic heterocycles. The van der Waals surface area contributed by atoms with E-state index >= 15 is 0 Å². The normalized spacial score (nSPS) is 19.5. The smallest absolute Gasteiger partial charge is 0.231 e. The lowest BCUT2D eigenvalue weighted by Crippen LogP contribution is -2.22. The number of hydrogen-bond acceptors (Lipinski definition) is 6. The van der Waals surface area contributed by atoms with Crippen LogP contribution >= 0.6 is 0 Å². The van der Waals surface area contributed by atoms with Gasteiger partial charge in [0.15, 0.2) is 9.84 Å². The van der Waals surface area contributed by atoms with Crippen molar-refractivity contribution in [3.8, 4) is 0 Å². The van der Waals surface area contributed by atoms with Gasteiger partial charge in [-0.3, -0.25) is 0 Å². The summed E-state index contributed by atoms with van der Waals surface area (Å²) in [6.07, 6.45) is 0.620. The van der Waals surface area contributed by atoms with Gasteiger partial charge in [-0.05, 0) is 25.5 Å². The standard InChI is InChI=1S/C16H20N4O2S/c1-12-10-15(18-13-8-9-23(21,22)11-13)19-16(17-12)20(2)14-6-4-3-5-7-14/h3-7,10,13H,8-9,11H2,1-2H3,(H,17,18,19). The fourth-order valence-corrected chi connectivity index (χ4v) is 4.34. The van der Waals surface area contributed by atoms with Crippen LogP contribution in [0.25, 0.3) is 0 Å². The molecule has 0 bridgehead atoms. The van der Waals surface area contributed by atoms with Crippen molar-refractivity contribution < 1.29 is 8.42 Å². The number of aryl methyl sites for hydroxylation is 1. The molecule has 1 fully saturated rings. The van der Waals surface area contributed by atoms with Crippen LogP contribution in [0.1, 0.15) is 12.1 Å². The second-order valence-electron chi connectivity index (χ2n) is 5.83. The minimum atomic E-state index is -2.91. The van der Waals surface area contributed by atoms with E-state index in [0.29, 0.717) is 18.2 Å². The molecule has 1 atom stereocenters. The Balaban J connectivity index is 1.82. The van der Waals surface area contributed by atoms with E-state index in [0.717, 1.165) is 11.4 Å². The molecule has 1 N–H and O–H groups in total. The molecule has 3 rings (SSSR count).